The summed E-state index contributed by atoms with van der Waals surface area (Å²) in [7, 11) is 0. The normalized spacial score (nSPS) is 13.8. The zero-order chi connectivity index (χ0) is 17.4. The molecule has 0 unspecified atom stereocenters. The minimum atomic E-state index is -0.957. The quantitative estimate of drug-likeness (QED) is 0.871. The number of carboxylic acids is 1. The third kappa shape index (κ3) is 2.84. The largest absolute Gasteiger partial charge is 0.477 e. The number of aromatic carboxylic acids is 1. The van der Waals surface area contributed by atoms with Gasteiger partial charge < -0.3 is 14.9 Å². The Morgan fingerprint density at radius 1 is 1.21 bits per heavy atom. The molecular weight excluding hydrogens is 328 g/mol. The van der Waals surface area contributed by atoms with Crippen LogP contribution >= 0.6 is 11.3 Å². The molecule has 128 valence electrons. The molecule has 0 aliphatic heterocycles. The fourth-order valence-electron chi connectivity index (χ4n) is 3.09. The second-order valence-electron chi connectivity index (χ2n) is 6.35. The van der Waals surface area contributed by atoms with Crippen molar-refractivity contribution >= 4 is 28.9 Å². The molecule has 0 radical (unpaired) electrons. The van der Waals surface area contributed by atoms with Crippen molar-refractivity contribution in [3.63, 3.8) is 0 Å². The average Bonchev–Trinajstić information content (AvgIpc) is 3.09. The number of fused-ring (bicyclic) bond motifs is 1. The molecule has 0 aromatic carbocycles. The van der Waals surface area contributed by atoms with Crippen LogP contribution in [0.4, 0.5) is 5.69 Å². The van der Waals surface area contributed by atoms with Gasteiger partial charge in [-0.15, -0.1) is 11.3 Å². The van der Waals surface area contributed by atoms with E-state index in [0.29, 0.717) is 26.9 Å². The van der Waals surface area contributed by atoms with E-state index in [1.54, 1.807) is 6.92 Å². The minimum Gasteiger partial charge on any atom is -0.477 e. The fraction of sp³-hybridized carbons (Fsp3) is 0.471. The number of thiophene rings is 1. The molecule has 7 heteroatoms. The molecular formula is C17H20N2O4S. The van der Waals surface area contributed by atoms with E-state index >= 15 is 0 Å². The van der Waals surface area contributed by atoms with Crippen molar-refractivity contribution in [2.24, 2.45) is 0 Å². The van der Waals surface area contributed by atoms with E-state index in [1.165, 1.54) is 0 Å². The van der Waals surface area contributed by atoms with Crippen LogP contribution in [0.3, 0.4) is 0 Å². The van der Waals surface area contributed by atoms with Crippen molar-refractivity contribution < 1.29 is 19.2 Å². The van der Waals surface area contributed by atoms with Crippen LogP contribution in [0.1, 0.15) is 74.5 Å². The highest BCUT2D eigenvalue weighted by Gasteiger charge is 2.28. The van der Waals surface area contributed by atoms with Crippen LogP contribution < -0.4 is 5.32 Å². The SMILES string of the molecule is Cc1noc(C(C)C)c1NC(=O)c1sc(C(=O)O)c2c1CCCC2. The van der Waals surface area contributed by atoms with Gasteiger partial charge in [0.1, 0.15) is 16.3 Å². The van der Waals surface area contributed by atoms with Crippen molar-refractivity contribution in [2.45, 2.75) is 52.4 Å². The molecule has 0 saturated heterocycles. The summed E-state index contributed by atoms with van der Waals surface area (Å²) in [6, 6.07) is 0. The number of anilines is 1. The molecule has 1 amide bonds. The molecule has 0 bridgehead atoms. The zero-order valence-corrected chi connectivity index (χ0v) is 14.7. The predicted molar refractivity (Wildman–Crippen MR) is 91.2 cm³/mol. The van der Waals surface area contributed by atoms with E-state index in [9.17, 15) is 14.7 Å². The Kier molecular flexibility index (Phi) is 4.45. The Labute approximate surface area is 143 Å². The molecule has 0 fully saturated rings. The highest BCUT2D eigenvalue weighted by atomic mass is 32.1. The van der Waals surface area contributed by atoms with Crippen LogP contribution in [0, 0.1) is 6.92 Å². The lowest BCUT2D eigenvalue weighted by atomic mass is 9.92. The highest BCUT2D eigenvalue weighted by molar-refractivity contribution is 7.16. The number of carbonyl (C=O) groups is 2. The lowest BCUT2D eigenvalue weighted by molar-refractivity contribution is 0.0700. The summed E-state index contributed by atoms with van der Waals surface area (Å²) in [5, 5.41) is 16.2. The van der Waals surface area contributed by atoms with Gasteiger partial charge in [-0.2, -0.15) is 0 Å². The van der Waals surface area contributed by atoms with E-state index in [0.717, 1.165) is 48.1 Å². The Morgan fingerprint density at radius 3 is 2.42 bits per heavy atom. The first-order valence-electron chi connectivity index (χ1n) is 8.05. The summed E-state index contributed by atoms with van der Waals surface area (Å²) in [6.45, 7) is 5.70. The summed E-state index contributed by atoms with van der Waals surface area (Å²) >= 11 is 1.07. The first-order chi connectivity index (χ1) is 11.4. The number of hydrogen-bond acceptors (Lipinski definition) is 5. The average molecular weight is 348 g/mol. The summed E-state index contributed by atoms with van der Waals surface area (Å²) in [4.78, 5) is 25.1. The molecule has 6 nitrogen and oxygen atoms in total. The van der Waals surface area contributed by atoms with E-state index in [4.69, 9.17) is 4.52 Å². The molecule has 1 aliphatic carbocycles. The van der Waals surface area contributed by atoms with Crippen molar-refractivity contribution in [1.29, 1.82) is 0 Å². The number of carbonyl (C=O) groups excluding carboxylic acids is 1. The van der Waals surface area contributed by atoms with Gasteiger partial charge in [0.15, 0.2) is 5.76 Å². The molecule has 1 aliphatic rings. The Hall–Kier alpha value is -2.15. The van der Waals surface area contributed by atoms with Gasteiger partial charge in [-0.1, -0.05) is 19.0 Å². The standard InChI is InChI=1S/C17H20N2O4S/c1-8(2)13-12(9(3)19-23-13)18-16(20)14-10-6-4-5-7-11(10)15(24-14)17(21)22/h8H,4-7H2,1-3H3,(H,18,20)(H,21,22). The van der Waals surface area contributed by atoms with Gasteiger partial charge in [0.2, 0.25) is 0 Å². The van der Waals surface area contributed by atoms with Crippen LogP contribution in [0.2, 0.25) is 0 Å². The summed E-state index contributed by atoms with van der Waals surface area (Å²) in [5.41, 5.74) is 2.93. The van der Waals surface area contributed by atoms with E-state index < -0.39 is 5.97 Å². The van der Waals surface area contributed by atoms with Crippen LogP contribution in [0.25, 0.3) is 0 Å². The first kappa shape index (κ1) is 16.7. The van der Waals surface area contributed by atoms with Crippen molar-refractivity contribution in [3.8, 4) is 0 Å². The zero-order valence-electron chi connectivity index (χ0n) is 13.9. The predicted octanol–water partition coefficient (Wildman–Crippen LogP) is 4.00. The number of aryl methyl sites for hydroxylation is 1. The van der Waals surface area contributed by atoms with Gasteiger partial charge in [-0.25, -0.2) is 4.79 Å². The molecule has 0 atom stereocenters. The van der Waals surface area contributed by atoms with Gasteiger partial charge in [0.05, 0.1) is 4.88 Å². The lowest BCUT2D eigenvalue weighted by Gasteiger charge is -2.13. The summed E-state index contributed by atoms with van der Waals surface area (Å²) < 4.78 is 5.29. The number of hydrogen-bond donors (Lipinski definition) is 2. The van der Waals surface area contributed by atoms with Crippen LogP contribution in [-0.4, -0.2) is 22.1 Å². The Bertz CT molecular complexity index is 804. The Morgan fingerprint density at radius 2 is 1.83 bits per heavy atom. The van der Waals surface area contributed by atoms with Crippen LogP contribution in [0.5, 0.6) is 0 Å². The lowest BCUT2D eigenvalue weighted by Crippen LogP contribution is -2.15. The van der Waals surface area contributed by atoms with Crippen LogP contribution in [0.15, 0.2) is 4.52 Å². The third-order valence-electron chi connectivity index (χ3n) is 4.27. The number of carboxylic acid groups (broad SMARTS) is 1. The third-order valence-corrected chi connectivity index (χ3v) is 5.53. The molecule has 3 rings (SSSR count). The number of amides is 1. The van der Waals surface area contributed by atoms with Gasteiger partial charge in [-0.3, -0.25) is 4.79 Å². The van der Waals surface area contributed by atoms with E-state index in [2.05, 4.69) is 10.5 Å². The maximum atomic E-state index is 12.8. The smallest absolute Gasteiger partial charge is 0.346 e. The van der Waals surface area contributed by atoms with E-state index in [-0.39, 0.29) is 11.8 Å². The fourth-order valence-corrected chi connectivity index (χ4v) is 4.22. The molecule has 2 heterocycles. The Balaban J connectivity index is 1.97. The summed E-state index contributed by atoms with van der Waals surface area (Å²) in [5.74, 6) is -0.516. The number of nitrogens with one attached hydrogen (secondary N) is 1. The molecule has 2 N–H and O–H groups in total. The minimum absolute atomic E-state index is 0.0910. The van der Waals surface area contributed by atoms with Gasteiger partial charge in [0, 0.05) is 5.92 Å². The van der Waals surface area contributed by atoms with Crippen molar-refractivity contribution in [2.75, 3.05) is 5.32 Å². The van der Waals surface area contributed by atoms with Gasteiger partial charge in [-0.05, 0) is 43.7 Å². The number of aromatic nitrogens is 1. The monoisotopic (exact) mass is 348 g/mol. The maximum absolute atomic E-state index is 12.8. The molecule has 2 aromatic heterocycles. The second-order valence-corrected chi connectivity index (χ2v) is 7.37. The molecule has 0 saturated carbocycles. The maximum Gasteiger partial charge on any atom is 0.346 e. The molecule has 0 spiro atoms. The molecule has 2 aromatic rings. The second kappa shape index (κ2) is 6.39. The number of nitrogens with zero attached hydrogens (tertiary/aromatic N) is 1. The number of rotatable bonds is 4. The van der Waals surface area contributed by atoms with Gasteiger partial charge >= 0.3 is 5.97 Å². The van der Waals surface area contributed by atoms with Crippen molar-refractivity contribution in [1.82, 2.24) is 5.16 Å². The van der Waals surface area contributed by atoms with Crippen LogP contribution in [-0.2, 0) is 12.8 Å². The summed E-state index contributed by atoms with van der Waals surface area (Å²) in [6.07, 6.45) is 3.42. The van der Waals surface area contributed by atoms with Gasteiger partial charge in [0.25, 0.3) is 5.91 Å². The molecule has 24 heavy (non-hydrogen) atoms. The highest BCUT2D eigenvalue weighted by Crippen LogP contribution is 2.36. The topological polar surface area (TPSA) is 92.4 Å². The van der Waals surface area contributed by atoms with Crippen molar-refractivity contribution in [3.05, 3.63) is 32.3 Å². The van der Waals surface area contributed by atoms with E-state index in [1.807, 2.05) is 13.8 Å². The first-order valence-corrected chi connectivity index (χ1v) is 8.87.